The van der Waals surface area contributed by atoms with E-state index >= 15 is 0 Å². The van der Waals surface area contributed by atoms with Crippen molar-refractivity contribution < 1.29 is 22.4 Å². The number of halogens is 4. The van der Waals surface area contributed by atoms with Crippen LogP contribution in [0.5, 0.6) is 0 Å². The number of hydrogen-bond donors (Lipinski definition) is 0. The second-order valence-corrected chi connectivity index (χ2v) is 4.47. The minimum Gasteiger partial charge on any atom is -0.299 e. The number of ketones is 1. The molecular formula is C13H12F4O. The molecule has 0 amide bonds. The number of rotatable bonds is 1. The second kappa shape index (κ2) is 4.71. The Labute approximate surface area is 102 Å². The van der Waals surface area contributed by atoms with Crippen LogP contribution in [0.25, 0.3) is 0 Å². The molecule has 0 radical (unpaired) electrons. The Bertz CT molecular complexity index is 465. The summed E-state index contributed by atoms with van der Waals surface area (Å²) in [6.07, 6.45) is -2.50. The molecule has 98 valence electrons. The van der Waals surface area contributed by atoms with Crippen LogP contribution in [-0.2, 0) is 11.0 Å². The smallest absolute Gasteiger partial charge is 0.299 e. The van der Waals surface area contributed by atoms with Crippen molar-refractivity contribution in [2.24, 2.45) is 0 Å². The van der Waals surface area contributed by atoms with Gasteiger partial charge in [0.25, 0.3) is 0 Å². The second-order valence-electron chi connectivity index (χ2n) is 4.47. The molecule has 1 aromatic rings. The molecule has 0 aliphatic heterocycles. The number of alkyl halides is 3. The van der Waals surface area contributed by atoms with Crippen LogP contribution in [0.2, 0.25) is 0 Å². The van der Waals surface area contributed by atoms with Crippen molar-refractivity contribution in [3.05, 3.63) is 35.1 Å². The molecule has 2 rings (SSSR count). The van der Waals surface area contributed by atoms with Crippen molar-refractivity contribution in [3.8, 4) is 0 Å². The van der Waals surface area contributed by atoms with E-state index in [1.54, 1.807) is 0 Å². The van der Waals surface area contributed by atoms with Crippen molar-refractivity contribution in [2.45, 2.75) is 37.8 Å². The lowest BCUT2D eigenvalue weighted by molar-refractivity contribution is -0.140. The lowest BCUT2D eigenvalue weighted by atomic mass is 9.82. The molecule has 0 N–H and O–H groups in total. The Hall–Kier alpha value is -1.39. The van der Waals surface area contributed by atoms with Gasteiger partial charge in [-0.05, 0) is 24.5 Å². The molecule has 1 aromatic carbocycles. The van der Waals surface area contributed by atoms with E-state index < -0.39 is 23.5 Å². The van der Waals surface area contributed by atoms with E-state index in [2.05, 4.69) is 0 Å². The average molecular weight is 260 g/mol. The summed E-state index contributed by atoms with van der Waals surface area (Å²) in [4.78, 5) is 11.7. The molecule has 0 aromatic heterocycles. The molecule has 1 atom stereocenters. The third-order valence-electron chi connectivity index (χ3n) is 3.26. The van der Waals surface area contributed by atoms with E-state index in [1.807, 2.05) is 0 Å². The molecule has 0 saturated heterocycles. The van der Waals surface area contributed by atoms with E-state index in [9.17, 15) is 22.4 Å². The fourth-order valence-corrected chi connectivity index (χ4v) is 2.35. The topological polar surface area (TPSA) is 17.1 Å². The minimum atomic E-state index is -4.72. The molecule has 0 bridgehead atoms. The van der Waals surface area contributed by atoms with E-state index in [1.165, 1.54) is 6.07 Å². The van der Waals surface area contributed by atoms with Gasteiger partial charge in [0.2, 0.25) is 0 Å². The van der Waals surface area contributed by atoms with Gasteiger partial charge >= 0.3 is 6.18 Å². The minimum absolute atomic E-state index is 0.116. The Morgan fingerprint density at radius 3 is 2.50 bits per heavy atom. The Balaban J connectivity index is 2.42. The van der Waals surface area contributed by atoms with E-state index in [0.717, 1.165) is 18.9 Å². The SMILES string of the molecule is O=C1CCCCC1c1cccc(C(F)(F)F)c1F. The number of hydrogen-bond acceptors (Lipinski definition) is 1. The molecule has 1 aliphatic rings. The van der Waals surface area contributed by atoms with Crippen molar-refractivity contribution in [1.29, 1.82) is 0 Å². The van der Waals surface area contributed by atoms with Crippen molar-refractivity contribution in [3.63, 3.8) is 0 Å². The maximum atomic E-state index is 13.9. The van der Waals surface area contributed by atoms with Gasteiger partial charge in [0.05, 0.1) is 5.56 Å². The monoisotopic (exact) mass is 260 g/mol. The maximum absolute atomic E-state index is 13.9. The van der Waals surface area contributed by atoms with Gasteiger partial charge in [-0.3, -0.25) is 4.79 Å². The van der Waals surface area contributed by atoms with Crippen LogP contribution in [-0.4, -0.2) is 5.78 Å². The van der Waals surface area contributed by atoms with Crippen LogP contribution < -0.4 is 0 Å². The highest BCUT2D eigenvalue weighted by Gasteiger charge is 2.37. The molecule has 1 unspecified atom stereocenters. The highest BCUT2D eigenvalue weighted by atomic mass is 19.4. The van der Waals surface area contributed by atoms with Crippen LogP contribution in [0.1, 0.15) is 42.7 Å². The van der Waals surface area contributed by atoms with Gasteiger partial charge in [-0.25, -0.2) is 4.39 Å². The largest absolute Gasteiger partial charge is 0.419 e. The van der Waals surface area contributed by atoms with Gasteiger partial charge in [-0.15, -0.1) is 0 Å². The standard InChI is InChI=1S/C13H12F4O/c14-12-9(8-4-1-2-7-11(8)18)5-3-6-10(12)13(15,16)17/h3,5-6,8H,1-2,4,7H2. The first-order chi connectivity index (χ1) is 8.41. The van der Waals surface area contributed by atoms with Gasteiger partial charge in [0.1, 0.15) is 11.6 Å². The third-order valence-corrected chi connectivity index (χ3v) is 3.26. The first-order valence-electron chi connectivity index (χ1n) is 5.79. The van der Waals surface area contributed by atoms with Crippen LogP contribution in [0.3, 0.4) is 0 Å². The van der Waals surface area contributed by atoms with Crippen molar-refractivity contribution in [1.82, 2.24) is 0 Å². The van der Waals surface area contributed by atoms with Crippen LogP contribution >= 0.6 is 0 Å². The summed E-state index contributed by atoms with van der Waals surface area (Å²) < 4.78 is 51.6. The van der Waals surface area contributed by atoms with Crippen LogP contribution in [0, 0.1) is 5.82 Å². The molecule has 0 heterocycles. The van der Waals surface area contributed by atoms with E-state index in [4.69, 9.17) is 0 Å². The zero-order valence-electron chi connectivity index (χ0n) is 9.56. The number of carbonyl (C=O) groups is 1. The highest BCUT2D eigenvalue weighted by molar-refractivity contribution is 5.86. The molecule has 1 fully saturated rings. The van der Waals surface area contributed by atoms with Crippen LogP contribution in [0.15, 0.2) is 18.2 Å². The summed E-state index contributed by atoms with van der Waals surface area (Å²) >= 11 is 0. The summed E-state index contributed by atoms with van der Waals surface area (Å²) in [6.45, 7) is 0. The number of carbonyl (C=O) groups excluding carboxylic acids is 1. The summed E-state index contributed by atoms with van der Waals surface area (Å²) in [5.41, 5.74) is -1.41. The molecular weight excluding hydrogens is 248 g/mol. The Morgan fingerprint density at radius 2 is 1.89 bits per heavy atom. The maximum Gasteiger partial charge on any atom is 0.419 e. The predicted molar refractivity (Wildman–Crippen MR) is 57.6 cm³/mol. The first kappa shape index (κ1) is 13.1. The zero-order valence-corrected chi connectivity index (χ0v) is 9.56. The number of benzene rings is 1. The molecule has 0 spiro atoms. The quantitative estimate of drug-likeness (QED) is 0.695. The molecule has 5 heteroatoms. The van der Waals surface area contributed by atoms with Crippen molar-refractivity contribution >= 4 is 5.78 Å². The lowest BCUT2D eigenvalue weighted by Gasteiger charge is -2.22. The molecule has 18 heavy (non-hydrogen) atoms. The van der Waals surface area contributed by atoms with Gasteiger partial charge in [-0.1, -0.05) is 18.6 Å². The highest BCUT2D eigenvalue weighted by Crippen LogP contribution is 2.37. The van der Waals surface area contributed by atoms with Gasteiger partial charge < -0.3 is 0 Å². The van der Waals surface area contributed by atoms with Crippen LogP contribution in [0.4, 0.5) is 17.6 Å². The third kappa shape index (κ3) is 2.40. The molecule has 1 nitrogen and oxygen atoms in total. The summed E-state index contributed by atoms with van der Waals surface area (Å²) in [6, 6.07) is 3.13. The van der Waals surface area contributed by atoms with Gasteiger partial charge in [0, 0.05) is 12.3 Å². The zero-order chi connectivity index (χ0) is 13.3. The fraction of sp³-hybridized carbons (Fsp3) is 0.462. The molecule has 1 aliphatic carbocycles. The summed E-state index contributed by atoms with van der Waals surface area (Å²) in [7, 11) is 0. The number of Topliss-reactive ketones (excluding diaryl/α,β-unsaturated/α-hetero) is 1. The predicted octanol–water partition coefficient (Wildman–Crippen LogP) is 4.07. The summed E-state index contributed by atoms with van der Waals surface area (Å²) in [5, 5.41) is 0. The summed E-state index contributed by atoms with van der Waals surface area (Å²) in [5.74, 6) is -2.19. The lowest BCUT2D eigenvalue weighted by Crippen LogP contribution is -2.20. The Morgan fingerprint density at radius 1 is 1.17 bits per heavy atom. The first-order valence-corrected chi connectivity index (χ1v) is 5.79. The normalized spacial score (nSPS) is 21.1. The van der Waals surface area contributed by atoms with Gasteiger partial charge in [-0.2, -0.15) is 13.2 Å². The average Bonchev–Trinajstić information content (AvgIpc) is 2.29. The Kier molecular flexibility index (Phi) is 3.41. The van der Waals surface area contributed by atoms with Gasteiger partial charge in [0.15, 0.2) is 0 Å². The van der Waals surface area contributed by atoms with Crippen molar-refractivity contribution in [2.75, 3.05) is 0 Å². The van der Waals surface area contributed by atoms with E-state index in [0.29, 0.717) is 18.9 Å². The fourth-order valence-electron chi connectivity index (χ4n) is 2.35. The van der Waals surface area contributed by atoms with E-state index in [-0.39, 0.29) is 11.3 Å². The molecule has 1 saturated carbocycles.